The number of halogens is 1. The lowest BCUT2D eigenvalue weighted by Gasteiger charge is -2.19. The van der Waals surface area contributed by atoms with Gasteiger partial charge < -0.3 is 5.11 Å². The zero-order chi connectivity index (χ0) is 15.9. The van der Waals surface area contributed by atoms with Gasteiger partial charge >= 0.3 is 5.97 Å². The Morgan fingerprint density at radius 2 is 1.82 bits per heavy atom. The quantitative estimate of drug-likeness (QED) is 0.941. The molecule has 0 unspecified atom stereocenters. The minimum absolute atomic E-state index is 0.00896. The van der Waals surface area contributed by atoms with Crippen molar-refractivity contribution in [3.8, 4) is 0 Å². The summed E-state index contributed by atoms with van der Waals surface area (Å²) in [5, 5.41) is 8.85. The van der Waals surface area contributed by atoms with Crippen molar-refractivity contribution in [3.05, 3.63) is 59.4 Å². The third kappa shape index (κ3) is 2.33. The van der Waals surface area contributed by atoms with E-state index >= 15 is 0 Å². The van der Waals surface area contributed by atoms with Crippen LogP contribution in [-0.2, 0) is 16.4 Å². The number of aromatic carboxylic acids is 1. The van der Waals surface area contributed by atoms with Crippen LogP contribution in [0.1, 0.15) is 15.9 Å². The fourth-order valence-corrected chi connectivity index (χ4v) is 3.99. The molecule has 7 heteroatoms. The molecule has 114 valence electrons. The van der Waals surface area contributed by atoms with Crippen LogP contribution in [0.15, 0.2) is 47.4 Å². The topological polar surface area (TPSA) is 74.7 Å². The number of hydrogen-bond acceptors (Lipinski definition) is 3. The van der Waals surface area contributed by atoms with Gasteiger partial charge in [-0.2, -0.15) is 0 Å². The van der Waals surface area contributed by atoms with Crippen molar-refractivity contribution in [1.29, 1.82) is 0 Å². The fourth-order valence-electron chi connectivity index (χ4n) is 2.49. The molecule has 0 atom stereocenters. The minimum Gasteiger partial charge on any atom is -0.478 e. The van der Waals surface area contributed by atoms with Gasteiger partial charge in [0.15, 0.2) is 0 Å². The SMILES string of the molecule is O=C(O)c1ccc(S(=O)(=O)N2CCc3cc(F)ccc32)cc1. The van der Waals surface area contributed by atoms with Crippen LogP contribution in [0.25, 0.3) is 0 Å². The maximum atomic E-state index is 13.2. The summed E-state index contributed by atoms with van der Waals surface area (Å²) in [5.74, 6) is -1.52. The zero-order valence-electron chi connectivity index (χ0n) is 11.4. The van der Waals surface area contributed by atoms with Crippen molar-refractivity contribution in [2.24, 2.45) is 0 Å². The van der Waals surface area contributed by atoms with Gasteiger partial charge in [-0.15, -0.1) is 0 Å². The number of carboxylic acids is 1. The Kier molecular flexibility index (Phi) is 3.37. The molecule has 5 nitrogen and oxygen atoms in total. The van der Waals surface area contributed by atoms with E-state index in [0.29, 0.717) is 17.7 Å². The van der Waals surface area contributed by atoms with Crippen LogP contribution in [-0.4, -0.2) is 26.0 Å². The van der Waals surface area contributed by atoms with Gasteiger partial charge in [-0.3, -0.25) is 4.31 Å². The molecule has 0 spiro atoms. The fraction of sp³-hybridized carbons (Fsp3) is 0.133. The van der Waals surface area contributed by atoms with Gasteiger partial charge in [0.2, 0.25) is 0 Å². The number of benzene rings is 2. The van der Waals surface area contributed by atoms with Crippen LogP contribution in [0.3, 0.4) is 0 Å². The lowest BCUT2D eigenvalue weighted by Crippen LogP contribution is -2.29. The Morgan fingerprint density at radius 3 is 2.45 bits per heavy atom. The first-order valence-electron chi connectivity index (χ1n) is 6.54. The van der Waals surface area contributed by atoms with Crippen LogP contribution in [0, 0.1) is 5.82 Å². The van der Waals surface area contributed by atoms with E-state index < -0.39 is 21.8 Å². The summed E-state index contributed by atoms with van der Waals surface area (Å²) in [6.45, 7) is 0.238. The molecule has 2 aromatic carbocycles. The molecule has 0 amide bonds. The number of fused-ring (bicyclic) bond motifs is 1. The Bertz CT molecular complexity index is 846. The number of sulfonamides is 1. The van der Waals surface area contributed by atoms with E-state index in [1.165, 1.54) is 46.8 Å². The van der Waals surface area contributed by atoms with Gasteiger partial charge in [0.1, 0.15) is 5.82 Å². The molecule has 22 heavy (non-hydrogen) atoms. The van der Waals surface area contributed by atoms with Crippen LogP contribution >= 0.6 is 0 Å². The van der Waals surface area contributed by atoms with Crippen LogP contribution < -0.4 is 4.31 Å². The number of hydrogen-bond donors (Lipinski definition) is 1. The number of anilines is 1. The summed E-state index contributed by atoms with van der Waals surface area (Å²) in [7, 11) is -3.79. The number of rotatable bonds is 3. The Balaban J connectivity index is 2.00. The van der Waals surface area contributed by atoms with Crippen molar-refractivity contribution >= 4 is 21.7 Å². The lowest BCUT2D eigenvalue weighted by molar-refractivity contribution is 0.0696. The molecule has 1 heterocycles. The third-order valence-electron chi connectivity index (χ3n) is 3.58. The maximum absolute atomic E-state index is 13.2. The predicted octanol–water partition coefficient (Wildman–Crippen LogP) is 2.28. The summed E-state index contributed by atoms with van der Waals surface area (Å²) in [4.78, 5) is 10.8. The van der Waals surface area contributed by atoms with Gasteiger partial charge in [0.25, 0.3) is 10.0 Å². The second-order valence-electron chi connectivity index (χ2n) is 4.93. The third-order valence-corrected chi connectivity index (χ3v) is 5.41. The Morgan fingerprint density at radius 1 is 1.14 bits per heavy atom. The van der Waals surface area contributed by atoms with Crippen molar-refractivity contribution in [2.75, 3.05) is 10.8 Å². The normalized spacial score (nSPS) is 14.0. The van der Waals surface area contributed by atoms with Crippen LogP contribution in [0.5, 0.6) is 0 Å². The predicted molar refractivity (Wildman–Crippen MR) is 78.0 cm³/mol. The number of carboxylic acid groups (broad SMARTS) is 1. The van der Waals surface area contributed by atoms with E-state index in [-0.39, 0.29) is 17.0 Å². The molecule has 1 aliphatic heterocycles. The minimum atomic E-state index is -3.79. The summed E-state index contributed by atoms with van der Waals surface area (Å²) in [5.41, 5.74) is 1.12. The van der Waals surface area contributed by atoms with Crippen LogP contribution in [0.2, 0.25) is 0 Å². The average Bonchev–Trinajstić information content (AvgIpc) is 2.91. The molecule has 0 aliphatic carbocycles. The number of carbonyl (C=O) groups is 1. The van der Waals surface area contributed by atoms with E-state index in [1.807, 2.05) is 0 Å². The van der Waals surface area contributed by atoms with E-state index in [2.05, 4.69) is 0 Å². The highest BCUT2D eigenvalue weighted by molar-refractivity contribution is 7.92. The van der Waals surface area contributed by atoms with Gasteiger partial charge in [0, 0.05) is 6.54 Å². The van der Waals surface area contributed by atoms with Crippen LogP contribution in [0.4, 0.5) is 10.1 Å². The molecule has 0 saturated carbocycles. The molecule has 1 N–H and O–H groups in total. The summed E-state index contributed by atoms with van der Waals surface area (Å²) in [6.07, 6.45) is 0.444. The molecule has 0 bridgehead atoms. The summed E-state index contributed by atoms with van der Waals surface area (Å²) < 4.78 is 39.7. The molecule has 3 rings (SSSR count). The molecule has 0 saturated heterocycles. The second kappa shape index (κ2) is 5.10. The molecular weight excluding hydrogens is 309 g/mol. The summed E-state index contributed by atoms with van der Waals surface area (Å²) in [6, 6.07) is 9.02. The number of nitrogens with zero attached hydrogens (tertiary/aromatic N) is 1. The first-order chi connectivity index (χ1) is 10.4. The first-order valence-corrected chi connectivity index (χ1v) is 7.98. The molecule has 0 radical (unpaired) electrons. The molecule has 0 aromatic heterocycles. The Hall–Kier alpha value is -2.41. The highest BCUT2D eigenvalue weighted by Crippen LogP contribution is 2.33. The average molecular weight is 321 g/mol. The van der Waals surface area contributed by atoms with E-state index in [1.54, 1.807) is 0 Å². The van der Waals surface area contributed by atoms with Gasteiger partial charge in [-0.1, -0.05) is 0 Å². The largest absolute Gasteiger partial charge is 0.478 e. The van der Waals surface area contributed by atoms with Crippen molar-refractivity contribution < 1.29 is 22.7 Å². The van der Waals surface area contributed by atoms with Crippen molar-refractivity contribution in [2.45, 2.75) is 11.3 Å². The van der Waals surface area contributed by atoms with E-state index in [4.69, 9.17) is 5.11 Å². The van der Waals surface area contributed by atoms with Gasteiger partial charge in [-0.25, -0.2) is 17.6 Å². The maximum Gasteiger partial charge on any atom is 0.335 e. The Labute approximate surface area is 126 Å². The summed E-state index contributed by atoms with van der Waals surface area (Å²) >= 11 is 0. The zero-order valence-corrected chi connectivity index (χ0v) is 12.2. The molecule has 1 aliphatic rings. The molecular formula is C15H12FNO4S. The van der Waals surface area contributed by atoms with Gasteiger partial charge in [0.05, 0.1) is 16.1 Å². The van der Waals surface area contributed by atoms with E-state index in [0.717, 1.165) is 0 Å². The second-order valence-corrected chi connectivity index (χ2v) is 6.79. The highest BCUT2D eigenvalue weighted by atomic mass is 32.2. The van der Waals surface area contributed by atoms with Crippen molar-refractivity contribution in [1.82, 2.24) is 0 Å². The monoisotopic (exact) mass is 321 g/mol. The van der Waals surface area contributed by atoms with Gasteiger partial charge in [-0.05, 0) is 54.4 Å². The standard InChI is InChI=1S/C15H12FNO4S/c16-12-3-6-14-11(9-12)7-8-17(14)22(20,21)13-4-1-10(2-5-13)15(18)19/h1-6,9H,7-8H2,(H,18,19). The lowest BCUT2D eigenvalue weighted by atomic mass is 10.2. The first kappa shape index (κ1) is 14.5. The molecule has 0 fully saturated rings. The smallest absolute Gasteiger partial charge is 0.335 e. The van der Waals surface area contributed by atoms with E-state index in [9.17, 15) is 17.6 Å². The van der Waals surface area contributed by atoms with Crippen molar-refractivity contribution in [3.63, 3.8) is 0 Å². The highest BCUT2D eigenvalue weighted by Gasteiger charge is 2.31. The molecule has 2 aromatic rings.